The molecule has 0 radical (unpaired) electrons. The van der Waals surface area contributed by atoms with Gasteiger partial charge in [-0.15, -0.1) is 0 Å². The van der Waals surface area contributed by atoms with Gasteiger partial charge in [0.15, 0.2) is 0 Å². The van der Waals surface area contributed by atoms with Crippen molar-refractivity contribution < 1.29 is 9.59 Å². The highest BCUT2D eigenvalue weighted by Crippen LogP contribution is 2.54. The lowest BCUT2D eigenvalue weighted by Gasteiger charge is -2.52. The van der Waals surface area contributed by atoms with Crippen LogP contribution in [0.5, 0.6) is 0 Å². The lowest BCUT2D eigenvalue weighted by molar-refractivity contribution is -0.157. The van der Waals surface area contributed by atoms with E-state index in [0.717, 1.165) is 11.8 Å². The van der Waals surface area contributed by atoms with E-state index in [9.17, 15) is 9.59 Å². The molecule has 0 N–H and O–H groups in total. The van der Waals surface area contributed by atoms with Crippen LogP contribution in [0.3, 0.4) is 0 Å². The van der Waals surface area contributed by atoms with E-state index in [2.05, 4.69) is 27.7 Å². The Labute approximate surface area is 135 Å². The lowest BCUT2D eigenvalue weighted by atomic mass is 9.50. The number of ketones is 2. The summed E-state index contributed by atoms with van der Waals surface area (Å²) in [5.74, 6) is 3.43. The van der Waals surface area contributed by atoms with Crippen LogP contribution in [-0.4, -0.2) is 11.6 Å². The van der Waals surface area contributed by atoms with Gasteiger partial charge in [-0.25, -0.2) is 0 Å². The minimum absolute atomic E-state index is 0.0328. The molecule has 4 saturated carbocycles. The molecular weight excluding hydrogens is 272 g/mol. The van der Waals surface area contributed by atoms with Crippen molar-refractivity contribution in [3.8, 4) is 0 Å². The van der Waals surface area contributed by atoms with Crippen molar-refractivity contribution in [1.82, 2.24) is 0 Å². The molecule has 0 spiro atoms. The topological polar surface area (TPSA) is 34.1 Å². The summed E-state index contributed by atoms with van der Waals surface area (Å²) in [6.45, 7) is 8.45. The molecule has 0 saturated heterocycles. The maximum atomic E-state index is 11.5. The lowest BCUT2D eigenvalue weighted by Crippen LogP contribution is -2.55. The van der Waals surface area contributed by atoms with Gasteiger partial charge in [-0.3, -0.25) is 9.59 Å². The first kappa shape index (κ1) is 16.2. The standard InChI is InChI=1S/2C10H16O/c2*1-10(2)8-6-4-3-5-7(8)9(10)11/h2*7-8H,3-6H2,1-2H3/t2*7-,8+/m10/s1. The molecule has 4 rings (SSSR count). The van der Waals surface area contributed by atoms with Gasteiger partial charge in [0.25, 0.3) is 0 Å². The van der Waals surface area contributed by atoms with E-state index >= 15 is 0 Å². The summed E-state index contributed by atoms with van der Waals surface area (Å²) in [5, 5.41) is 0. The van der Waals surface area contributed by atoms with E-state index in [-0.39, 0.29) is 10.8 Å². The summed E-state index contributed by atoms with van der Waals surface area (Å²) in [6, 6.07) is 0. The number of hydrogen-bond acceptors (Lipinski definition) is 2. The van der Waals surface area contributed by atoms with Gasteiger partial charge < -0.3 is 0 Å². The smallest absolute Gasteiger partial charge is 0.142 e. The Kier molecular flexibility index (Phi) is 4.02. The molecule has 0 aliphatic heterocycles. The van der Waals surface area contributed by atoms with Crippen LogP contribution in [0.4, 0.5) is 0 Å². The highest BCUT2D eigenvalue weighted by atomic mass is 16.1. The molecule has 4 atom stereocenters. The Morgan fingerprint density at radius 2 is 0.955 bits per heavy atom. The quantitative estimate of drug-likeness (QED) is 0.644. The zero-order chi connectivity index (χ0) is 16.1. The van der Waals surface area contributed by atoms with Gasteiger partial charge in [0.05, 0.1) is 0 Å². The Morgan fingerprint density at radius 3 is 1.27 bits per heavy atom. The number of rotatable bonds is 0. The van der Waals surface area contributed by atoms with Crippen LogP contribution in [0, 0.1) is 34.5 Å². The fourth-order valence-electron chi connectivity index (χ4n) is 5.75. The molecule has 2 heteroatoms. The molecule has 0 aromatic carbocycles. The number of carbonyl (C=O) groups is 2. The van der Waals surface area contributed by atoms with Crippen LogP contribution in [-0.2, 0) is 9.59 Å². The highest BCUT2D eigenvalue weighted by molar-refractivity contribution is 5.93. The third-order valence-corrected chi connectivity index (χ3v) is 7.33. The number of Topliss-reactive ketones (excluding diaryl/α,β-unsaturated/α-hetero) is 2. The third kappa shape index (κ3) is 2.29. The van der Waals surface area contributed by atoms with E-state index in [1.807, 2.05) is 0 Å². The van der Waals surface area contributed by atoms with Crippen LogP contribution < -0.4 is 0 Å². The molecule has 22 heavy (non-hydrogen) atoms. The van der Waals surface area contributed by atoms with Crippen molar-refractivity contribution in [2.24, 2.45) is 34.5 Å². The molecule has 4 fully saturated rings. The Morgan fingerprint density at radius 1 is 0.636 bits per heavy atom. The van der Waals surface area contributed by atoms with Crippen molar-refractivity contribution in [2.45, 2.75) is 79.1 Å². The summed E-state index contributed by atoms with van der Waals surface area (Å²) in [5.41, 5.74) is 0.0656. The predicted molar refractivity (Wildman–Crippen MR) is 88.5 cm³/mol. The third-order valence-electron chi connectivity index (χ3n) is 7.33. The zero-order valence-corrected chi connectivity index (χ0v) is 14.8. The highest BCUT2D eigenvalue weighted by Gasteiger charge is 2.56. The molecule has 0 unspecified atom stereocenters. The first-order valence-electron chi connectivity index (χ1n) is 9.36. The maximum absolute atomic E-state index is 11.5. The van der Waals surface area contributed by atoms with E-state index in [1.54, 1.807) is 0 Å². The summed E-state index contributed by atoms with van der Waals surface area (Å²) < 4.78 is 0. The van der Waals surface area contributed by atoms with E-state index in [4.69, 9.17) is 0 Å². The van der Waals surface area contributed by atoms with Crippen LogP contribution in [0.1, 0.15) is 79.1 Å². The van der Waals surface area contributed by atoms with Gasteiger partial charge >= 0.3 is 0 Å². The maximum Gasteiger partial charge on any atom is 0.142 e. The van der Waals surface area contributed by atoms with Crippen LogP contribution in [0.15, 0.2) is 0 Å². The number of hydrogen-bond donors (Lipinski definition) is 0. The average Bonchev–Trinajstić information content (AvgIpc) is 2.54. The van der Waals surface area contributed by atoms with Crippen LogP contribution in [0.25, 0.3) is 0 Å². The van der Waals surface area contributed by atoms with Crippen LogP contribution >= 0.6 is 0 Å². The molecule has 4 aliphatic carbocycles. The Bertz CT molecular complexity index is 430. The Hall–Kier alpha value is -0.660. The van der Waals surface area contributed by atoms with Crippen molar-refractivity contribution in [3.05, 3.63) is 0 Å². The fraction of sp³-hybridized carbons (Fsp3) is 0.900. The molecule has 0 aromatic heterocycles. The molecule has 0 heterocycles. The van der Waals surface area contributed by atoms with Crippen molar-refractivity contribution in [1.29, 1.82) is 0 Å². The second-order valence-corrected chi connectivity index (χ2v) is 9.17. The summed E-state index contributed by atoms with van der Waals surface area (Å²) >= 11 is 0. The van der Waals surface area contributed by atoms with E-state index in [1.165, 1.54) is 51.4 Å². The monoisotopic (exact) mass is 304 g/mol. The normalized spacial score (nSPS) is 41.1. The minimum Gasteiger partial charge on any atom is -0.299 e. The first-order valence-corrected chi connectivity index (χ1v) is 9.36. The van der Waals surface area contributed by atoms with Gasteiger partial charge in [0, 0.05) is 22.7 Å². The average molecular weight is 304 g/mol. The minimum atomic E-state index is 0.0328. The molecule has 0 aromatic rings. The molecule has 0 amide bonds. The molecule has 124 valence electrons. The molecular formula is C20H32O2. The van der Waals surface area contributed by atoms with Gasteiger partial charge in [-0.1, -0.05) is 53.4 Å². The van der Waals surface area contributed by atoms with Crippen molar-refractivity contribution >= 4 is 11.6 Å². The van der Waals surface area contributed by atoms with Gasteiger partial charge in [0.1, 0.15) is 11.6 Å². The summed E-state index contributed by atoms with van der Waals surface area (Å²) in [6.07, 6.45) is 10.2. The van der Waals surface area contributed by atoms with Crippen molar-refractivity contribution in [3.63, 3.8) is 0 Å². The molecule has 2 nitrogen and oxygen atoms in total. The largest absolute Gasteiger partial charge is 0.299 e. The second-order valence-electron chi connectivity index (χ2n) is 9.17. The van der Waals surface area contributed by atoms with Crippen LogP contribution in [0.2, 0.25) is 0 Å². The molecule has 0 bridgehead atoms. The molecule has 4 aliphatic rings. The van der Waals surface area contributed by atoms with Crippen molar-refractivity contribution in [2.75, 3.05) is 0 Å². The van der Waals surface area contributed by atoms with E-state index in [0.29, 0.717) is 23.4 Å². The fourth-order valence-corrected chi connectivity index (χ4v) is 5.75. The Balaban J connectivity index is 0.000000131. The number of fused-ring (bicyclic) bond motifs is 2. The zero-order valence-electron chi connectivity index (χ0n) is 14.8. The summed E-state index contributed by atoms with van der Waals surface area (Å²) in [7, 11) is 0. The number of carbonyl (C=O) groups excluding carboxylic acids is 2. The SMILES string of the molecule is CC1(C)C(=O)[C@@H]2CCCC[C@@H]21.CC1(C)C(=O)[C@H]2CCCC[C@H]21. The second kappa shape index (κ2) is 5.46. The predicted octanol–water partition coefficient (Wildman–Crippen LogP) is 4.80. The first-order chi connectivity index (χ1) is 10.3. The van der Waals surface area contributed by atoms with Gasteiger partial charge in [-0.2, -0.15) is 0 Å². The van der Waals surface area contributed by atoms with Gasteiger partial charge in [-0.05, 0) is 37.5 Å². The van der Waals surface area contributed by atoms with Gasteiger partial charge in [0.2, 0.25) is 0 Å². The van der Waals surface area contributed by atoms with E-state index < -0.39 is 0 Å². The summed E-state index contributed by atoms with van der Waals surface area (Å²) in [4.78, 5) is 23.0.